The predicted octanol–water partition coefficient (Wildman–Crippen LogP) is 6.14. The third kappa shape index (κ3) is 3.90. The quantitative estimate of drug-likeness (QED) is 0.485. The number of fused-ring (bicyclic) bond motifs is 1. The Kier molecular flexibility index (Phi) is 5.49. The molecule has 0 radical (unpaired) electrons. The summed E-state index contributed by atoms with van der Waals surface area (Å²) < 4.78 is 0. The van der Waals surface area contributed by atoms with Crippen LogP contribution in [0.25, 0.3) is 16.5 Å². The van der Waals surface area contributed by atoms with Gasteiger partial charge in [-0.05, 0) is 48.3 Å². The number of rotatable bonds is 6. The highest BCUT2D eigenvalue weighted by atomic mass is 32.2. The van der Waals surface area contributed by atoms with Gasteiger partial charge in [0.25, 0.3) is 0 Å². The van der Waals surface area contributed by atoms with Gasteiger partial charge in [0.2, 0.25) is 0 Å². The van der Waals surface area contributed by atoms with Crippen LogP contribution in [0, 0.1) is 5.92 Å². The van der Waals surface area contributed by atoms with Crippen molar-refractivity contribution in [2.24, 2.45) is 16.6 Å². The van der Waals surface area contributed by atoms with Crippen LogP contribution in [0.1, 0.15) is 38.2 Å². The van der Waals surface area contributed by atoms with Gasteiger partial charge in [-0.2, -0.15) is 0 Å². The lowest BCUT2D eigenvalue weighted by molar-refractivity contribution is 0.471. The van der Waals surface area contributed by atoms with Crippen molar-refractivity contribution in [3.63, 3.8) is 0 Å². The lowest BCUT2D eigenvalue weighted by Crippen LogP contribution is -2.11. The van der Waals surface area contributed by atoms with E-state index in [2.05, 4.69) is 48.4 Å². The van der Waals surface area contributed by atoms with Gasteiger partial charge in [-0.1, -0.05) is 50.4 Å². The smallest absolute Gasteiger partial charge is 0.137 e. The number of aromatic nitrogens is 1. The fourth-order valence-electron chi connectivity index (χ4n) is 3.32. The monoisotopic (exact) mass is 351 g/mol. The molecule has 130 valence electrons. The van der Waals surface area contributed by atoms with E-state index in [1.807, 2.05) is 12.1 Å². The molecule has 0 amide bonds. The number of hydrogen-bond donors (Lipinski definition) is 2. The minimum absolute atomic E-state index is 0.427. The van der Waals surface area contributed by atoms with Crippen LogP contribution in [0.3, 0.4) is 0 Å². The summed E-state index contributed by atoms with van der Waals surface area (Å²) in [5, 5.41) is 2.95. The SMILES string of the molecule is C=CSC(=C)C(N)=Nc1ccc2c(C3=CCC(CC)CC3)c[nH]c2c1. The summed E-state index contributed by atoms with van der Waals surface area (Å²) in [7, 11) is 0. The van der Waals surface area contributed by atoms with E-state index in [1.165, 1.54) is 47.5 Å². The number of aliphatic imine (C=N–C) groups is 1. The number of H-pyrrole nitrogens is 1. The van der Waals surface area contributed by atoms with Gasteiger partial charge < -0.3 is 10.7 Å². The molecule has 3 rings (SSSR count). The molecule has 0 saturated heterocycles. The van der Waals surface area contributed by atoms with Crippen molar-refractivity contribution in [2.45, 2.75) is 32.6 Å². The zero-order valence-corrected chi connectivity index (χ0v) is 15.5. The summed E-state index contributed by atoms with van der Waals surface area (Å²) in [4.78, 5) is 8.55. The Morgan fingerprint density at radius 1 is 1.48 bits per heavy atom. The Labute approximate surface area is 153 Å². The van der Waals surface area contributed by atoms with Gasteiger partial charge in [0.15, 0.2) is 0 Å². The van der Waals surface area contributed by atoms with E-state index < -0.39 is 0 Å². The van der Waals surface area contributed by atoms with Crippen molar-refractivity contribution in [2.75, 3.05) is 0 Å². The molecule has 1 heterocycles. The maximum absolute atomic E-state index is 5.99. The van der Waals surface area contributed by atoms with Gasteiger partial charge in [-0.15, -0.1) is 0 Å². The first-order valence-corrected chi connectivity index (χ1v) is 9.61. The van der Waals surface area contributed by atoms with Crippen LogP contribution in [0.5, 0.6) is 0 Å². The van der Waals surface area contributed by atoms with Crippen LogP contribution in [0.2, 0.25) is 0 Å². The molecular weight excluding hydrogens is 326 g/mol. The Morgan fingerprint density at radius 2 is 2.32 bits per heavy atom. The molecule has 25 heavy (non-hydrogen) atoms. The predicted molar refractivity (Wildman–Crippen MR) is 112 cm³/mol. The third-order valence-electron chi connectivity index (χ3n) is 4.87. The normalized spacial score (nSPS) is 18.2. The van der Waals surface area contributed by atoms with Crippen molar-refractivity contribution in [3.8, 4) is 0 Å². The van der Waals surface area contributed by atoms with Crippen LogP contribution in [-0.2, 0) is 0 Å². The molecule has 0 bridgehead atoms. The van der Waals surface area contributed by atoms with Crippen LogP contribution in [0.15, 0.2) is 58.9 Å². The average molecular weight is 352 g/mol. The molecule has 4 heteroatoms. The summed E-state index contributed by atoms with van der Waals surface area (Å²) in [6.45, 7) is 9.85. The van der Waals surface area contributed by atoms with Gasteiger partial charge in [-0.3, -0.25) is 0 Å². The lowest BCUT2D eigenvalue weighted by atomic mass is 9.85. The molecule has 0 spiro atoms. The number of benzene rings is 1. The number of aromatic amines is 1. The van der Waals surface area contributed by atoms with Crippen LogP contribution >= 0.6 is 11.8 Å². The van der Waals surface area contributed by atoms with Crippen molar-refractivity contribution in [1.29, 1.82) is 0 Å². The fraction of sp³-hybridized carbons (Fsp3) is 0.286. The second-order valence-electron chi connectivity index (χ2n) is 6.41. The Morgan fingerprint density at radius 3 is 3.00 bits per heavy atom. The summed E-state index contributed by atoms with van der Waals surface area (Å²) in [5.74, 6) is 1.27. The first-order valence-electron chi connectivity index (χ1n) is 8.74. The number of hydrogen-bond acceptors (Lipinski definition) is 2. The second kappa shape index (κ2) is 7.79. The molecule has 0 aliphatic heterocycles. The minimum atomic E-state index is 0.427. The molecule has 1 aliphatic carbocycles. The number of nitrogens with one attached hydrogen (secondary N) is 1. The van der Waals surface area contributed by atoms with Crippen molar-refractivity contribution >= 4 is 39.8 Å². The van der Waals surface area contributed by atoms with E-state index in [4.69, 9.17) is 5.73 Å². The highest BCUT2D eigenvalue weighted by Gasteiger charge is 2.16. The number of nitrogens with zero attached hydrogens (tertiary/aromatic N) is 1. The molecule has 1 aromatic heterocycles. The molecule has 0 fully saturated rings. The summed E-state index contributed by atoms with van der Waals surface area (Å²) in [5.41, 5.74) is 10.7. The van der Waals surface area contributed by atoms with E-state index in [0.29, 0.717) is 10.7 Å². The molecule has 3 nitrogen and oxygen atoms in total. The van der Waals surface area contributed by atoms with Crippen LogP contribution in [0.4, 0.5) is 5.69 Å². The van der Waals surface area contributed by atoms with E-state index >= 15 is 0 Å². The van der Waals surface area contributed by atoms with Crippen molar-refractivity contribution < 1.29 is 0 Å². The number of thioether (sulfide) groups is 1. The van der Waals surface area contributed by atoms with Crippen molar-refractivity contribution in [1.82, 2.24) is 4.98 Å². The minimum Gasteiger partial charge on any atom is -0.383 e. The molecule has 1 unspecified atom stereocenters. The molecule has 3 N–H and O–H groups in total. The molecule has 0 saturated carbocycles. The topological polar surface area (TPSA) is 54.2 Å². The molecule has 2 aromatic rings. The summed E-state index contributed by atoms with van der Waals surface area (Å²) in [6.07, 6.45) is 9.46. The average Bonchev–Trinajstić information content (AvgIpc) is 3.05. The van der Waals surface area contributed by atoms with E-state index in [9.17, 15) is 0 Å². The van der Waals surface area contributed by atoms with Gasteiger partial charge in [0.05, 0.1) is 5.69 Å². The van der Waals surface area contributed by atoms with Crippen LogP contribution in [-0.4, -0.2) is 10.8 Å². The van der Waals surface area contributed by atoms with Gasteiger partial charge >= 0.3 is 0 Å². The lowest BCUT2D eigenvalue weighted by Gasteiger charge is -2.20. The maximum atomic E-state index is 5.99. The highest BCUT2D eigenvalue weighted by molar-refractivity contribution is 8.06. The standard InChI is InChI=1S/C21H25N3S/c1-4-15-6-8-16(9-7-15)19-13-23-20-12-17(10-11-18(19)20)24-21(22)14(3)25-5-2/h5,8,10-13,15,23H,2-4,6-7,9H2,1H3,(H2,22,24). The van der Waals surface area contributed by atoms with Crippen LogP contribution < -0.4 is 5.73 Å². The van der Waals surface area contributed by atoms with Gasteiger partial charge in [0.1, 0.15) is 5.84 Å². The zero-order valence-electron chi connectivity index (χ0n) is 14.7. The maximum Gasteiger partial charge on any atom is 0.137 e. The Balaban J connectivity index is 1.87. The molecule has 1 aromatic carbocycles. The van der Waals surface area contributed by atoms with Crippen molar-refractivity contribution in [3.05, 3.63) is 59.5 Å². The highest BCUT2D eigenvalue weighted by Crippen LogP contribution is 2.35. The molecule has 1 aliphatic rings. The van der Waals surface area contributed by atoms with E-state index in [0.717, 1.165) is 23.5 Å². The first kappa shape index (κ1) is 17.6. The molecular formula is C21H25N3S. The Bertz CT molecular complexity index is 857. The third-order valence-corrected chi connectivity index (χ3v) is 5.53. The fourth-order valence-corrected chi connectivity index (χ4v) is 3.68. The van der Waals surface area contributed by atoms with E-state index in [1.54, 1.807) is 5.41 Å². The zero-order chi connectivity index (χ0) is 17.8. The van der Waals surface area contributed by atoms with Gasteiger partial charge in [0, 0.05) is 27.6 Å². The Hall–Kier alpha value is -2.20. The van der Waals surface area contributed by atoms with E-state index in [-0.39, 0.29) is 0 Å². The largest absolute Gasteiger partial charge is 0.383 e. The van der Waals surface area contributed by atoms with Gasteiger partial charge in [-0.25, -0.2) is 4.99 Å². The number of nitrogens with two attached hydrogens (primary N) is 1. The first-order chi connectivity index (χ1) is 12.1. The number of amidine groups is 1. The number of allylic oxidation sites excluding steroid dienone is 2. The summed E-state index contributed by atoms with van der Waals surface area (Å²) >= 11 is 1.39. The molecule has 1 atom stereocenters. The summed E-state index contributed by atoms with van der Waals surface area (Å²) in [6, 6.07) is 6.18. The second-order valence-corrected chi connectivity index (χ2v) is 7.48.